The van der Waals surface area contributed by atoms with Crippen molar-refractivity contribution in [3.8, 4) is 0 Å². The molecule has 0 aliphatic carbocycles. The molecule has 0 amide bonds. The van der Waals surface area contributed by atoms with Gasteiger partial charge in [-0.2, -0.15) is 0 Å². The molecule has 1 aromatic rings. The minimum atomic E-state index is 0.0476. The maximum atomic E-state index is 5.99. The van der Waals surface area contributed by atoms with Crippen molar-refractivity contribution < 1.29 is 4.74 Å². The lowest BCUT2D eigenvalue weighted by atomic mass is 9.86. The molecule has 2 heterocycles. The number of hydrogen-bond acceptors (Lipinski definition) is 4. The molecular formula is C14H23N3O. The molecule has 0 saturated carbocycles. The molecule has 1 fully saturated rings. The highest BCUT2D eigenvalue weighted by molar-refractivity contribution is 5.39. The number of nitrogens with zero attached hydrogens (tertiary/aromatic N) is 2. The van der Waals surface area contributed by atoms with Crippen LogP contribution < -0.4 is 5.32 Å². The van der Waals surface area contributed by atoms with Crippen molar-refractivity contribution in [3.05, 3.63) is 18.1 Å². The number of rotatable bonds is 4. The molecule has 1 aromatic heterocycles. The zero-order valence-corrected chi connectivity index (χ0v) is 11.6. The summed E-state index contributed by atoms with van der Waals surface area (Å²) in [5, 5.41) is 3.52. The number of ether oxygens (including phenoxy) is 1. The van der Waals surface area contributed by atoms with E-state index in [-0.39, 0.29) is 5.60 Å². The average molecular weight is 249 g/mol. The van der Waals surface area contributed by atoms with Crippen LogP contribution in [-0.4, -0.2) is 28.2 Å². The summed E-state index contributed by atoms with van der Waals surface area (Å²) in [6, 6.07) is 0.439. The highest BCUT2D eigenvalue weighted by Gasteiger charge is 2.34. The molecule has 100 valence electrons. The van der Waals surface area contributed by atoms with E-state index in [1.165, 1.54) is 0 Å². The van der Waals surface area contributed by atoms with Gasteiger partial charge < -0.3 is 10.1 Å². The predicted octanol–water partition coefficient (Wildman–Crippen LogP) is 2.93. The maximum Gasteiger partial charge on any atom is 0.147 e. The molecule has 0 radical (unpaired) electrons. The third-order valence-electron chi connectivity index (χ3n) is 4.00. The summed E-state index contributed by atoms with van der Waals surface area (Å²) < 4.78 is 5.99. The number of hydrogen-bond donors (Lipinski definition) is 1. The van der Waals surface area contributed by atoms with Gasteiger partial charge in [0.25, 0.3) is 0 Å². The largest absolute Gasteiger partial charge is 0.375 e. The highest BCUT2D eigenvalue weighted by atomic mass is 16.5. The lowest BCUT2D eigenvalue weighted by Crippen LogP contribution is -2.43. The van der Waals surface area contributed by atoms with Gasteiger partial charge in [-0.1, -0.05) is 13.8 Å². The molecule has 1 saturated heterocycles. The van der Waals surface area contributed by atoms with Crippen LogP contribution in [0.2, 0.25) is 0 Å². The van der Waals surface area contributed by atoms with Gasteiger partial charge in [-0.05, 0) is 32.6 Å². The first-order valence-electron chi connectivity index (χ1n) is 6.87. The summed E-state index contributed by atoms with van der Waals surface area (Å²) in [4.78, 5) is 8.62. The Morgan fingerprint density at radius 1 is 1.33 bits per heavy atom. The van der Waals surface area contributed by atoms with Gasteiger partial charge in [-0.15, -0.1) is 0 Å². The molecule has 1 atom stereocenters. The first-order valence-corrected chi connectivity index (χ1v) is 6.87. The standard InChI is InChI=1S/C14H23N3O/c1-4-14(5-2)10-12(6-9-18-14)17-13-11(3)15-7-8-16-13/h7-8,12H,4-6,9-10H2,1-3H3,(H,16,17). The Kier molecular flexibility index (Phi) is 4.17. The fourth-order valence-electron chi connectivity index (χ4n) is 2.64. The summed E-state index contributed by atoms with van der Waals surface area (Å²) in [5.41, 5.74) is 1.01. The third-order valence-corrected chi connectivity index (χ3v) is 4.00. The van der Waals surface area contributed by atoms with Gasteiger partial charge in [-0.25, -0.2) is 4.98 Å². The van der Waals surface area contributed by atoms with Gasteiger partial charge in [0.15, 0.2) is 0 Å². The second kappa shape index (κ2) is 5.65. The normalized spacial score (nSPS) is 22.7. The van der Waals surface area contributed by atoms with Crippen LogP contribution in [0.1, 0.15) is 45.2 Å². The predicted molar refractivity (Wildman–Crippen MR) is 72.7 cm³/mol. The fraction of sp³-hybridized carbons (Fsp3) is 0.714. The number of anilines is 1. The van der Waals surface area contributed by atoms with Crippen LogP contribution in [0.4, 0.5) is 5.82 Å². The second-order valence-corrected chi connectivity index (χ2v) is 5.06. The van der Waals surface area contributed by atoms with Crippen LogP contribution in [0.15, 0.2) is 12.4 Å². The summed E-state index contributed by atoms with van der Waals surface area (Å²) >= 11 is 0. The molecule has 0 spiro atoms. The molecule has 4 nitrogen and oxygen atoms in total. The number of nitrogens with one attached hydrogen (secondary N) is 1. The molecule has 2 rings (SSSR count). The smallest absolute Gasteiger partial charge is 0.147 e. The summed E-state index contributed by atoms with van der Waals surface area (Å²) in [6.07, 6.45) is 7.70. The van der Waals surface area contributed by atoms with Crippen molar-refractivity contribution in [2.75, 3.05) is 11.9 Å². The molecule has 1 aliphatic rings. The van der Waals surface area contributed by atoms with E-state index in [4.69, 9.17) is 4.74 Å². The first-order chi connectivity index (χ1) is 8.69. The van der Waals surface area contributed by atoms with E-state index in [1.807, 2.05) is 6.92 Å². The van der Waals surface area contributed by atoms with Crippen molar-refractivity contribution in [2.24, 2.45) is 0 Å². The van der Waals surface area contributed by atoms with Crippen LogP contribution in [-0.2, 0) is 4.74 Å². The third kappa shape index (κ3) is 2.80. The molecule has 1 unspecified atom stereocenters. The SMILES string of the molecule is CCC1(CC)CC(Nc2nccnc2C)CCO1. The van der Waals surface area contributed by atoms with E-state index in [1.54, 1.807) is 12.4 Å². The lowest BCUT2D eigenvalue weighted by Gasteiger charge is -2.40. The van der Waals surface area contributed by atoms with Crippen LogP contribution in [0.5, 0.6) is 0 Å². The molecule has 1 aliphatic heterocycles. The van der Waals surface area contributed by atoms with Crippen molar-refractivity contribution >= 4 is 5.82 Å². The second-order valence-electron chi connectivity index (χ2n) is 5.06. The topological polar surface area (TPSA) is 47.0 Å². The fourth-order valence-corrected chi connectivity index (χ4v) is 2.64. The Balaban J connectivity index is 2.04. The van der Waals surface area contributed by atoms with Crippen molar-refractivity contribution in [1.29, 1.82) is 0 Å². The molecule has 0 bridgehead atoms. The summed E-state index contributed by atoms with van der Waals surface area (Å²) in [5.74, 6) is 0.908. The van der Waals surface area contributed by atoms with Gasteiger partial charge in [0, 0.05) is 25.0 Å². The Labute approximate surface area is 109 Å². The van der Waals surface area contributed by atoms with Gasteiger partial charge in [0.05, 0.1) is 11.3 Å². The molecule has 0 aromatic carbocycles. The zero-order valence-electron chi connectivity index (χ0n) is 11.6. The van der Waals surface area contributed by atoms with Gasteiger partial charge >= 0.3 is 0 Å². The Hall–Kier alpha value is -1.16. The van der Waals surface area contributed by atoms with Crippen molar-refractivity contribution in [1.82, 2.24) is 9.97 Å². The Bertz CT molecular complexity index is 390. The van der Waals surface area contributed by atoms with Crippen molar-refractivity contribution in [3.63, 3.8) is 0 Å². The van der Waals surface area contributed by atoms with E-state index in [2.05, 4.69) is 29.1 Å². The molecule has 4 heteroatoms. The van der Waals surface area contributed by atoms with E-state index in [0.29, 0.717) is 6.04 Å². The highest BCUT2D eigenvalue weighted by Crippen LogP contribution is 2.32. The van der Waals surface area contributed by atoms with Gasteiger partial charge in [0.2, 0.25) is 0 Å². The summed E-state index contributed by atoms with van der Waals surface area (Å²) in [6.45, 7) is 7.24. The van der Waals surface area contributed by atoms with E-state index < -0.39 is 0 Å². The van der Waals surface area contributed by atoms with E-state index in [0.717, 1.165) is 43.8 Å². The maximum absolute atomic E-state index is 5.99. The van der Waals surface area contributed by atoms with Gasteiger partial charge in [0.1, 0.15) is 5.82 Å². The number of aromatic nitrogens is 2. The lowest BCUT2D eigenvalue weighted by molar-refractivity contribution is -0.0864. The van der Waals surface area contributed by atoms with Crippen LogP contribution >= 0.6 is 0 Å². The number of aryl methyl sites for hydroxylation is 1. The minimum absolute atomic E-state index is 0.0476. The quantitative estimate of drug-likeness (QED) is 0.891. The van der Waals surface area contributed by atoms with E-state index in [9.17, 15) is 0 Å². The first kappa shape index (κ1) is 13.3. The minimum Gasteiger partial charge on any atom is -0.375 e. The molecule has 1 N–H and O–H groups in total. The average Bonchev–Trinajstić information content (AvgIpc) is 2.41. The monoisotopic (exact) mass is 249 g/mol. The van der Waals surface area contributed by atoms with Crippen LogP contribution in [0.25, 0.3) is 0 Å². The van der Waals surface area contributed by atoms with Gasteiger partial charge in [-0.3, -0.25) is 4.98 Å². The van der Waals surface area contributed by atoms with Crippen LogP contribution in [0.3, 0.4) is 0 Å². The van der Waals surface area contributed by atoms with Crippen LogP contribution in [0, 0.1) is 6.92 Å². The zero-order chi connectivity index (χ0) is 13.0. The summed E-state index contributed by atoms with van der Waals surface area (Å²) in [7, 11) is 0. The van der Waals surface area contributed by atoms with E-state index >= 15 is 0 Å². The van der Waals surface area contributed by atoms with Crippen molar-refractivity contribution in [2.45, 2.75) is 58.1 Å². The Morgan fingerprint density at radius 3 is 2.72 bits per heavy atom. The molecular weight excluding hydrogens is 226 g/mol. The molecule has 18 heavy (non-hydrogen) atoms. The Morgan fingerprint density at radius 2 is 2.06 bits per heavy atom.